The number of anilines is 2. The first-order valence-electron chi connectivity index (χ1n) is 9.48. The zero-order chi connectivity index (χ0) is 21.4. The van der Waals surface area contributed by atoms with Crippen LogP contribution in [0.4, 0.5) is 16.3 Å². The molecule has 9 nitrogen and oxygen atoms in total. The summed E-state index contributed by atoms with van der Waals surface area (Å²) < 4.78 is 5.46. The van der Waals surface area contributed by atoms with Crippen LogP contribution in [-0.2, 0) is 4.79 Å². The topological polar surface area (TPSA) is 117 Å². The molecule has 9 heteroatoms. The number of rotatable bonds is 4. The molecule has 3 rings (SSSR count). The van der Waals surface area contributed by atoms with Crippen LogP contribution in [0.25, 0.3) is 10.9 Å². The Morgan fingerprint density at radius 1 is 1.28 bits per heavy atom. The summed E-state index contributed by atoms with van der Waals surface area (Å²) in [6.45, 7) is 5.99. The van der Waals surface area contributed by atoms with E-state index in [0.717, 1.165) is 5.39 Å². The van der Waals surface area contributed by atoms with Gasteiger partial charge in [0.2, 0.25) is 0 Å². The van der Waals surface area contributed by atoms with Crippen molar-refractivity contribution < 1.29 is 19.4 Å². The minimum Gasteiger partial charge on any atom is -0.494 e. The highest BCUT2D eigenvalue weighted by atomic mass is 16.5. The van der Waals surface area contributed by atoms with Gasteiger partial charge in [-0.2, -0.15) is 0 Å². The van der Waals surface area contributed by atoms with Crippen molar-refractivity contribution in [1.29, 1.82) is 0 Å². The average Bonchev–Trinajstić information content (AvgIpc) is 3.13. The molecular weight excluding hydrogens is 374 g/mol. The molecule has 0 bridgehead atoms. The van der Waals surface area contributed by atoms with E-state index in [1.807, 2.05) is 20.8 Å². The molecule has 1 saturated heterocycles. The quantitative estimate of drug-likeness (QED) is 0.720. The number of aromatic nitrogens is 2. The van der Waals surface area contributed by atoms with Crippen molar-refractivity contribution in [2.75, 3.05) is 31.3 Å². The molecular formula is C20H27N5O4. The maximum Gasteiger partial charge on any atom is 0.408 e. The zero-order valence-corrected chi connectivity index (χ0v) is 17.4. The Hall–Kier alpha value is -3.10. The van der Waals surface area contributed by atoms with Crippen LogP contribution in [0, 0.1) is 5.41 Å². The summed E-state index contributed by atoms with van der Waals surface area (Å²) in [5, 5.41) is 16.4. The van der Waals surface area contributed by atoms with Gasteiger partial charge in [-0.1, -0.05) is 20.8 Å². The lowest BCUT2D eigenvalue weighted by molar-refractivity contribution is -0.131. The first-order chi connectivity index (χ1) is 13.7. The Morgan fingerprint density at radius 3 is 2.59 bits per heavy atom. The van der Waals surface area contributed by atoms with Crippen LogP contribution in [0.15, 0.2) is 18.5 Å². The van der Waals surface area contributed by atoms with Crippen LogP contribution in [-0.4, -0.2) is 58.2 Å². The van der Waals surface area contributed by atoms with Gasteiger partial charge in [0.05, 0.1) is 18.3 Å². The lowest BCUT2D eigenvalue weighted by Gasteiger charge is -2.45. The van der Waals surface area contributed by atoms with Crippen LogP contribution < -0.4 is 15.4 Å². The van der Waals surface area contributed by atoms with E-state index in [-0.39, 0.29) is 5.91 Å². The largest absolute Gasteiger partial charge is 0.494 e. The molecule has 1 fully saturated rings. The van der Waals surface area contributed by atoms with E-state index >= 15 is 0 Å². The van der Waals surface area contributed by atoms with Crippen LogP contribution in [0.5, 0.6) is 5.75 Å². The molecule has 1 atom stereocenters. The Bertz CT molecular complexity index is 956. The average molecular weight is 401 g/mol. The molecule has 2 aromatic rings. The van der Waals surface area contributed by atoms with Crippen molar-refractivity contribution in [1.82, 2.24) is 14.9 Å². The van der Waals surface area contributed by atoms with Gasteiger partial charge in [0.25, 0.3) is 5.91 Å². The van der Waals surface area contributed by atoms with Crippen LogP contribution in [0.1, 0.15) is 33.6 Å². The van der Waals surface area contributed by atoms with Crippen molar-refractivity contribution in [3.63, 3.8) is 0 Å². The Morgan fingerprint density at radius 2 is 2.00 bits per heavy atom. The smallest absolute Gasteiger partial charge is 0.408 e. The number of amides is 2. The maximum atomic E-state index is 13.5. The second-order valence-corrected chi connectivity index (χ2v) is 8.14. The number of likely N-dealkylation sites (tertiary alicyclic amines) is 1. The third kappa shape index (κ3) is 3.30. The number of carboxylic acid groups (broad SMARTS) is 1. The maximum absolute atomic E-state index is 13.5. The third-order valence-corrected chi connectivity index (χ3v) is 5.67. The molecule has 2 heterocycles. The van der Waals surface area contributed by atoms with Crippen molar-refractivity contribution >= 4 is 34.4 Å². The first kappa shape index (κ1) is 20.6. The first-order valence-corrected chi connectivity index (χ1v) is 9.48. The van der Waals surface area contributed by atoms with E-state index in [4.69, 9.17) is 4.74 Å². The highest BCUT2D eigenvalue weighted by Gasteiger charge is 2.57. The second-order valence-electron chi connectivity index (χ2n) is 8.14. The number of fused-ring (bicyclic) bond motifs is 1. The van der Waals surface area contributed by atoms with Gasteiger partial charge < -0.3 is 20.5 Å². The minimum atomic E-state index is -1.18. The molecule has 0 aliphatic carbocycles. The van der Waals surface area contributed by atoms with Gasteiger partial charge in [-0.3, -0.25) is 9.69 Å². The van der Waals surface area contributed by atoms with Gasteiger partial charge >= 0.3 is 6.09 Å². The Balaban J connectivity index is 2.09. The zero-order valence-electron chi connectivity index (χ0n) is 17.4. The van der Waals surface area contributed by atoms with Crippen molar-refractivity contribution in [2.24, 2.45) is 5.41 Å². The molecule has 1 aromatic heterocycles. The molecule has 156 valence electrons. The fourth-order valence-electron chi connectivity index (χ4n) is 4.21. The second kappa shape index (κ2) is 7.38. The van der Waals surface area contributed by atoms with E-state index < -0.39 is 17.0 Å². The molecule has 1 aromatic carbocycles. The van der Waals surface area contributed by atoms with Gasteiger partial charge in [0, 0.05) is 25.0 Å². The van der Waals surface area contributed by atoms with E-state index in [0.29, 0.717) is 42.2 Å². The summed E-state index contributed by atoms with van der Waals surface area (Å²) >= 11 is 0. The standard InChI is InChI=1S/C20H27N5O4/c1-19(2,3)20(7-6-8-25(20)18(27)28)17(26)24-14-9-12-13(10-15(14)29-5)22-11-23-16(12)21-4/h9-11H,6-8H2,1-5H3,(H,24,26)(H,27,28)(H,21,22,23)/t20-/m1/s1. The molecule has 0 unspecified atom stereocenters. The molecule has 1 aliphatic heterocycles. The molecule has 3 N–H and O–H groups in total. The van der Waals surface area contributed by atoms with Gasteiger partial charge in [-0.05, 0) is 24.3 Å². The van der Waals surface area contributed by atoms with E-state index in [9.17, 15) is 14.7 Å². The normalized spacial score (nSPS) is 19.3. The van der Waals surface area contributed by atoms with Crippen molar-refractivity contribution in [2.45, 2.75) is 39.2 Å². The molecule has 29 heavy (non-hydrogen) atoms. The van der Waals surface area contributed by atoms with E-state index in [1.54, 1.807) is 19.2 Å². The summed E-state index contributed by atoms with van der Waals surface area (Å²) in [5.41, 5.74) is -0.678. The summed E-state index contributed by atoms with van der Waals surface area (Å²) in [6.07, 6.45) is 1.44. The molecule has 1 aliphatic rings. The highest BCUT2D eigenvalue weighted by Crippen LogP contribution is 2.45. The molecule has 0 saturated carbocycles. The van der Waals surface area contributed by atoms with E-state index in [1.165, 1.54) is 18.3 Å². The molecule has 2 amide bonds. The number of benzene rings is 1. The summed E-state index contributed by atoms with van der Waals surface area (Å²) in [6, 6.07) is 3.47. The number of nitrogens with zero attached hydrogens (tertiary/aromatic N) is 3. The number of carbonyl (C=O) groups excluding carboxylic acids is 1. The van der Waals surface area contributed by atoms with Crippen molar-refractivity contribution in [3.8, 4) is 5.75 Å². The number of hydrogen-bond donors (Lipinski definition) is 3. The fraction of sp³-hybridized carbons (Fsp3) is 0.500. The Kier molecular flexibility index (Phi) is 5.25. The predicted octanol–water partition coefficient (Wildman–Crippen LogP) is 3.18. The highest BCUT2D eigenvalue weighted by molar-refractivity contribution is 6.04. The number of carbonyl (C=O) groups is 2. The van der Waals surface area contributed by atoms with Crippen LogP contribution in [0.3, 0.4) is 0 Å². The minimum absolute atomic E-state index is 0.326. The Labute approximate surface area is 169 Å². The SMILES string of the molecule is CNc1ncnc2cc(OC)c(NC(=O)[C@@]3(C(C)(C)C)CCCN3C(=O)O)cc12. The molecule has 0 spiro atoms. The summed E-state index contributed by atoms with van der Waals surface area (Å²) in [4.78, 5) is 35.2. The number of ether oxygens (including phenoxy) is 1. The molecule has 0 radical (unpaired) electrons. The van der Waals surface area contributed by atoms with Crippen molar-refractivity contribution in [3.05, 3.63) is 18.5 Å². The lowest BCUT2D eigenvalue weighted by atomic mass is 9.71. The van der Waals surface area contributed by atoms with Crippen LogP contribution >= 0.6 is 0 Å². The predicted molar refractivity (Wildman–Crippen MR) is 110 cm³/mol. The van der Waals surface area contributed by atoms with Gasteiger partial charge in [-0.25, -0.2) is 14.8 Å². The van der Waals surface area contributed by atoms with Gasteiger partial charge in [0.1, 0.15) is 23.4 Å². The number of nitrogens with one attached hydrogen (secondary N) is 2. The number of hydrogen-bond acceptors (Lipinski definition) is 6. The van der Waals surface area contributed by atoms with Gasteiger partial charge in [-0.15, -0.1) is 0 Å². The van der Waals surface area contributed by atoms with Gasteiger partial charge in [0.15, 0.2) is 0 Å². The monoisotopic (exact) mass is 401 g/mol. The van der Waals surface area contributed by atoms with Crippen LogP contribution in [0.2, 0.25) is 0 Å². The lowest BCUT2D eigenvalue weighted by Crippen LogP contribution is -2.62. The summed E-state index contributed by atoms with van der Waals surface area (Å²) in [5.74, 6) is 0.688. The van der Waals surface area contributed by atoms with E-state index in [2.05, 4.69) is 20.6 Å². The summed E-state index contributed by atoms with van der Waals surface area (Å²) in [7, 11) is 3.26. The fourth-order valence-corrected chi connectivity index (χ4v) is 4.21. The third-order valence-electron chi connectivity index (χ3n) is 5.67. The number of methoxy groups -OCH3 is 1.